The van der Waals surface area contributed by atoms with Crippen molar-refractivity contribution in [2.75, 3.05) is 6.54 Å². The highest BCUT2D eigenvalue weighted by Crippen LogP contribution is 1.96. The number of rotatable bonds is 0. The van der Waals surface area contributed by atoms with Crippen molar-refractivity contribution >= 4 is 0 Å². The first-order valence-electron chi connectivity index (χ1n) is 2.19. The lowest BCUT2D eigenvalue weighted by Gasteiger charge is -2.03. The topological polar surface area (TPSA) is 55.7 Å². The Labute approximate surface area is 41.3 Å². The average molecular weight is 104 g/mol. The van der Waals surface area contributed by atoms with Crippen molar-refractivity contribution in [3.8, 4) is 0 Å². The summed E-state index contributed by atoms with van der Waals surface area (Å²) in [4.78, 5) is 0. The highest BCUT2D eigenvalue weighted by molar-refractivity contribution is 4.56. The van der Waals surface area contributed by atoms with Gasteiger partial charge in [-0.1, -0.05) is 0 Å². The molecule has 0 aromatic carbocycles. The predicted octanol–water partition coefficient (Wildman–Crippen LogP) is -1.10. The summed E-state index contributed by atoms with van der Waals surface area (Å²) in [5, 5.41) is 17.9. The maximum atomic E-state index is 8.59. The molecule has 4 nitrogen and oxygen atoms in total. The molecule has 7 heavy (non-hydrogen) atoms. The van der Waals surface area contributed by atoms with Crippen LogP contribution >= 0.6 is 0 Å². The van der Waals surface area contributed by atoms with Crippen LogP contribution in [0.3, 0.4) is 0 Å². The van der Waals surface area contributed by atoms with E-state index < -0.39 is 6.23 Å². The SMILES string of the molecule is OC1CCN(O)N1. The van der Waals surface area contributed by atoms with Crippen LogP contribution in [-0.2, 0) is 0 Å². The van der Waals surface area contributed by atoms with Crippen molar-refractivity contribution in [3.05, 3.63) is 0 Å². The third kappa shape index (κ3) is 1.10. The summed E-state index contributed by atoms with van der Waals surface area (Å²) in [5.41, 5.74) is 2.36. The molecule has 0 spiro atoms. The highest BCUT2D eigenvalue weighted by Gasteiger charge is 2.15. The fourth-order valence-corrected chi connectivity index (χ4v) is 0.546. The summed E-state index contributed by atoms with van der Waals surface area (Å²) < 4.78 is 0. The van der Waals surface area contributed by atoms with Gasteiger partial charge in [-0.05, 0) is 0 Å². The van der Waals surface area contributed by atoms with Gasteiger partial charge in [-0.25, -0.2) is 5.43 Å². The van der Waals surface area contributed by atoms with E-state index >= 15 is 0 Å². The van der Waals surface area contributed by atoms with Crippen molar-refractivity contribution in [1.29, 1.82) is 0 Å². The lowest BCUT2D eigenvalue weighted by atomic mass is 10.4. The number of hydrogen-bond donors (Lipinski definition) is 3. The van der Waals surface area contributed by atoms with Gasteiger partial charge in [0.2, 0.25) is 0 Å². The van der Waals surface area contributed by atoms with Crippen molar-refractivity contribution in [2.45, 2.75) is 12.6 Å². The molecule has 0 bridgehead atoms. The molecule has 1 heterocycles. The van der Waals surface area contributed by atoms with Gasteiger partial charge >= 0.3 is 0 Å². The molecule has 1 fully saturated rings. The van der Waals surface area contributed by atoms with Crippen molar-refractivity contribution in [1.82, 2.24) is 10.6 Å². The smallest absolute Gasteiger partial charge is 0.120 e. The molecule has 4 heteroatoms. The van der Waals surface area contributed by atoms with E-state index in [9.17, 15) is 0 Å². The summed E-state index contributed by atoms with van der Waals surface area (Å²) in [7, 11) is 0. The Morgan fingerprint density at radius 3 is 2.57 bits per heavy atom. The second-order valence-corrected chi connectivity index (χ2v) is 1.56. The molecule has 1 rings (SSSR count). The van der Waals surface area contributed by atoms with Crippen LogP contribution in [0.1, 0.15) is 6.42 Å². The Bertz CT molecular complexity index is 60.0. The molecule has 1 atom stereocenters. The zero-order valence-electron chi connectivity index (χ0n) is 3.83. The number of aliphatic hydroxyl groups is 1. The number of aliphatic hydroxyl groups excluding tert-OH is 1. The zero-order valence-corrected chi connectivity index (χ0v) is 3.83. The van der Waals surface area contributed by atoms with Gasteiger partial charge in [-0.3, -0.25) is 5.21 Å². The van der Waals surface area contributed by atoms with Gasteiger partial charge in [0.15, 0.2) is 0 Å². The van der Waals surface area contributed by atoms with E-state index in [0.29, 0.717) is 13.0 Å². The van der Waals surface area contributed by atoms with E-state index in [1.807, 2.05) is 0 Å². The normalized spacial score (nSPS) is 34.3. The van der Waals surface area contributed by atoms with E-state index in [2.05, 4.69) is 5.43 Å². The Balaban J connectivity index is 2.26. The molecule has 1 aliphatic rings. The van der Waals surface area contributed by atoms with E-state index in [0.717, 1.165) is 5.17 Å². The average Bonchev–Trinajstić information content (AvgIpc) is 1.87. The van der Waals surface area contributed by atoms with Crippen LogP contribution in [0.5, 0.6) is 0 Å². The summed E-state index contributed by atoms with van der Waals surface area (Å²) in [6.45, 7) is 0.501. The van der Waals surface area contributed by atoms with Crippen LogP contribution in [-0.4, -0.2) is 28.3 Å². The molecule has 0 radical (unpaired) electrons. The fourth-order valence-electron chi connectivity index (χ4n) is 0.546. The Hall–Kier alpha value is -0.160. The molecular formula is C3H8N2O2. The fraction of sp³-hybridized carbons (Fsp3) is 1.00. The number of hydrogen-bond acceptors (Lipinski definition) is 4. The third-order valence-corrected chi connectivity index (χ3v) is 0.912. The van der Waals surface area contributed by atoms with Crippen molar-refractivity contribution in [3.63, 3.8) is 0 Å². The maximum Gasteiger partial charge on any atom is 0.120 e. The van der Waals surface area contributed by atoms with E-state index in [1.165, 1.54) is 0 Å². The lowest BCUT2D eigenvalue weighted by molar-refractivity contribution is -0.128. The first-order valence-corrected chi connectivity index (χ1v) is 2.19. The Kier molecular flexibility index (Phi) is 1.25. The summed E-state index contributed by atoms with van der Waals surface area (Å²) >= 11 is 0. The van der Waals surface area contributed by atoms with Gasteiger partial charge in [0.05, 0.1) is 0 Å². The summed E-state index contributed by atoms with van der Waals surface area (Å²) in [5.74, 6) is 0. The Morgan fingerprint density at radius 1 is 1.71 bits per heavy atom. The standard InChI is InChI=1S/C3H8N2O2/c6-3-1-2-5(7)4-3/h3-4,6-7H,1-2H2. The summed E-state index contributed by atoms with van der Waals surface area (Å²) in [6.07, 6.45) is 0.0428. The predicted molar refractivity (Wildman–Crippen MR) is 22.3 cm³/mol. The van der Waals surface area contributed by atoms with Gasteiger partial charge in [0, 0.05) is 13.0 Å². The minimum atomic E-state index is -0.551. The molecule has 1 aliphatic heterocycles. The Morgan fingerprint density at radius 2 is 2.43 bits per heavy atom. The number of hydroxylamine groups is 1. The zero-order chi connectivity index (χ0) is 5.28. The molecule has 0 aliphatic carbocycles. The second-order valence-electron chi connectivity index (χ2n) is 1.56. The third-order valence-electron chi connectivity index (χ3n) is 0.912. The van der Waals surface area contributed by atoms with Crippen LogP contribution in [0, 0.1) is 0 Å². The molecule has 42 valence electrons. The van der Waals surface area contributed by atoms with E-state index in [4.69, 9.17) is 10.3 Å². The minimum absolute atomic E-state index is 0.501. The van der Waals surface area contributed by atoms with Gasteiger partial charge in [-0.15, -0.1) is 5.17 Å². The summed E-state index contributed by atoms with van der Waals surface area (Å²) in [6, 6.07) is 0. The largest absolute Gasteiger partial charge is 0.377 e. The lowest BCUT2D eigenvalue weighted by Crippen LogP contribution is -2.32. The first kappa shape index (κ1) is 4.99. The number of nitrogens with one attached hydrogen (secondary N) is 1. The van der Waals surface area contributed by atoms with Crippen molar-refractivity contribution in [2.24, 2.45) is 0 Å². The molecule has 0 amide bonds. The van der Waals surface area contributed by atoms with Crippen LogP contribution in [0.2, 0.25) is 0 Å². The maximum absolute atomic E-state index is 8.59. The van der Waals surface area contributed by atoms with Gasteiger partial charge in [-0.2, -0.15) is 0 Å². The number of nitrogens with zero attached hydrogens (tertiary/aromatic N) is 1. The first-order chi connectivity index (χ1) is 3.29. The van der Waals surface area contributed by atoms with E-state index in [-0.39, 0.29) is 0 Å². The van der Waals surface area contributed by atoms with Crippen LogP contribution in [0.15, 0.2) is 0 Å². The molecule has 0 aromatic rings. The van der Waals surface area contributed by atoms with Crippen LogP contribution in [0.4, 0.5) is 0 Å². The minimum Gasteiger partial charge on any atom is -0.377 e. The molecule has 0 saturated carbocycles. The van der Waals surface area contributed by atoms with Crippen LogP contribution in [0.25, 0.3) is 0 Å². The molecule has 1 unspecified atom stereocenters. The molecule has 3 N–H and O–H groups in total. The van der Waals surface area contributed by atoms with Crippen molar-refractivity contribution < 1.29 is 10.3 Å². The molecule has 1 saturated heterocycles. The quantitative estimate of drug-likeness (QED) is 0.365. The van der Waals surface area contributed by atoms with Gasteiger partial charge in [0.1, 0.15) is 6.23 Å². The van der Waals surface area contributed by atoms with E-state index in [1.54, 1.807) is 0 Å². The van der Waals surface area contributed by atoms with Gasteiger partial charge in [0.25, 0.3) is 0 Å². The van der Waals surface area contributed by atoms with Gasteiger partial charge < -0.3 is 5.11 Å². The molecular weight excluding hydrogens is 96.0 g/mol. The van der Waals surface area contributed by atoms with Crippen LogP contribution < -0.4 is 5.43 Å². The number of hydrazine groups is 1. The second kappa shape index (κ2) is 1.75. The molecule has 0 aromatic heterocycles. The highest BCUT2D eigenvalue weighted by atomic mass is 16.5. The monoisotopic (exact) mass is 104 g/mol.